The molecule has 0 atom stereocenters. The second-order valence-corrected chi connectivity index (χ2v) is 6.55. The van der Waals surface area contributed by atoms with Crippen molar-refractivity contribution in [2.75, 3.05) is 0 Å². The van der Waals surface area contributed by atoms with E-state index in [-0.39, 0.29) is 17.2 Å². The standard InChI is InChI=1S/C15H12N4O4S/c20-15-13-10-3-1-2-4-11(10)24-14(13)16-8-18(15)17-7-9-5-6-12(23-9)19(21)22/h5-8H,1-4H2. The van der Waals surface area contributed by atoms with E-state index in [4.69, 9.17) is 4.42 Å². The van der Waals surface area contributed by atoms with Gasteiger partial charge in [0, 0.05) is 4.88 Å². The van der Waals surface area contributed by atoms with Gasteiger partial charge in [-0.2, -0.15) is 9.78 Å². The third kappa shape index (κ3) is 2.42. The average molecular weight is 344 g/mol. The summed E-state index contributed by atoms with van der Waals surface area (Å²) in [4.78, 5) is 28.9. The smallest absolute Gasteiger partial charge is 0.400 e. The second kappa shape index (κ2) is 5.68. The molecule has 0 unspecified atom stereocenters. The Morgan fingerprint density at radius 3 is 3.00 bits per heavy atom. The summed E-state index contributed by atoms with van der Waals surface area (Å²) in [5.74, 6) is -0.176. The number of furan rings is 1. The fraction of sp³-hybridized carbons (Fsp3) is 0.267. The molecule has 122 valence electrons. The highest BCUT2D eigenvalue weighted by Crippen LogP contribution is 2.33. The van der Waals surface area contributed by atoms with Crippen LogP contribution < -0.4 is 5.56 Å². The van der Waals surface area contributed by atoms with Crippen LogP contribution in [0.4, 0.5) is 5.88 Å². The molecular weight excluding hydrogens is 332 g/mol. The highest BCUT2D eigenvalue weighted by molar-refractivity contribution is 7.18. The first-order chi connectivity index (χ1) is 11.6. The van der Waals surface area contributed by atoms with Crippen molar-refractivity contribution in [3.8, 4) is 0 Å². The molecule has 0 radical (unpaired) electrons. The number of fused-ring (bicyclic) bond motifs is 3. The number of aryl methyl sites for hydroxylation is 2. The van der Waals surface area contributed by atoms with Crippen LogP contribution in [0.5, 0.6) is 0 Å². The van der Waals surface area contributed by atoms with Crippen molar-refractivity contribution in [1.82, 2.24) is 9.66 Å². The maximum atomic E-state index is 12.7. The number of thiophene rings is 1. The van der Waals surface area contributed by atoms with Crippen LogP contribution in [0.3, 0.4) is 0 Å². The molecule has 0 spiro atoms. The van der Waals surface area contributed by atoms with Crippen LogP contribution in [0.2, 0.25) is 0 Å². The van der Waals surface area contributed by atoms with Gasteiger partial charge in [-0.3, -0.25) is 14.9 Å². The van der Waals surface area contributed by atoms with E-state index in [0.29, 0.717) is 5.39 Å². The first-order valence-corrected chi connectivity index (χ1v) is 8.25. The maximum Gasteiger partial charge on any atom is 0.433 e. The number of aromatic nitrogens is 2. The zero-order valence-electron chi connectivity index (χ0n) is 12.5. The van der Waals surface area contributed by atoms with Crippen LogP contribution in [0.15, 0.2) is 32.8 Å². The Balaban J connectivity index is 1.74. The Bertz CT molecular complexity index is 1030. The van der Waals surface area contributed by atoms with Gasteiger partial charge in [0.05, 0.1) is 17.7 Å². The first kappa shape index (κ1) is 14.8. The molecule has 9 heteroatoms. The molecule has 1 aliphatic carbocycles. The number of rotatable bonds is 3. The van der Waals surface area contributed by atoms with E-state index in [1.807, 2.05) is 0 Å². The summed E-state index contributed by atoms with van der Waals surface area (Å²) >= 11 is 1.57. The van der Waals surface area contributed by atoms with E-state index in [0.717, 1.165) is 40.8 Å². The van der Waals surface area contributed by atoms with E-state index in [2.05, 4.69) is 10.1 Å². The van der Waals surface area contributed by atoms with Crippen LogP contribution in [0.1, 0.15) is 29.0 Å². The van der Waals surface area contributed by atoms with Gasteiger partial charge in [0.15, 0.2) is 5.76 Å². The van der Waals surface area contributed by atoms with Gasteiger partial charge in [0.25, 0.3) is 5.56 Å². The zero-order valence-corrected chi connectivity index (χ0v) is 13.3. The summed E-state index contributed by atoms with van der Waals surface area (Å²) in [6, 6.07) is 2.66. The van der Waals surface area contributed by atoms with Gasteiger partial charge in [-0.15, -0.1) is 11.3 Å². The highest BCUT2D eigenvalue weighted by atomic mass is 32.1. The zero-order chi connectivity index (χ0) is 16.7. The molecule has 0 saturated heterocycles. The lowest BCUT2D eigenvalue weighted by Crippen LogP contribution is -2.17. The third-order valence-corrected chi connectivity index (χ3v) is 5.16. The van der Waals surface area contributed by atoms with E-state index < -0.39 is 4.92 Å². The highest BCUT2D eigenvalue weighted by Gasteiger charge is 2.19. The molecule has 4 rings (SSSR count). The Labute approximate surface area is 139 Å². The molecule has 0 bridgehead atoms. The summed E-state index contributed by atoms with van der Waals surface area (Å²) in [6.07, 6.45) is 6.73. The largest absolute Gasteiger partial charge is 0.433 e. The number of nitro groups is 1. The number of hydrogen-bond donors (Lipinski definition) is 0. The van der Waals surface area contributed by atoms with Gasteiger partial charge in [-0.25, -0.2) is 4.98 Å². The van der Waals surface area contributed by atoms with Crippen molar-refractivity contribution in [3.05, 3.63) is 55.1 Å². The molecule has 3 aromatic heterocycles. The molecule has 0 aliphatic heterocycles. The van der Waals surface area contributed by atoms with Gasteiger partial charge in [0.1, 0.15) is 16.1 Å². The minimum Gasteiger partial charge on any atom is -0.400 e. The van der Waals surface area contributed by atoms with Crippen LogP contribution in [0.25, 0.3) is 10.2 Å². The van der Waals surface area contributed by atoms with Crippen molar-refractivity contribution < 1.29 is 9.34 Å². The lowest BCUT2D eigenvalue weighted by molar-refractivity contribution is -0.402. The maximum absolute atomic E-state index is 12.7. The van der Waals surface area contributed by atoms with Crippen molar-refractivity contribution in [2.24, 2.45) is 5.10 Å². The van der Waals surface area contributed by atoms with Crippen LogP contribution in [0, 0.1) is 10.1 Å². The van der Waals surface area contributed by atoms with E-state index in [1.54, 1.807) is 11.3 Å². The van der Waals surface area contributed by atoms with E-state index in [1.165, 1.54) is 29.6 Å². The van der Waals surface area contributed by atoms with Crippen molar-refractivity contribution in [1.29, 1.82) is 0 Å². The lowest BCUT2D eigenvalue weighted by Gasteiger charge is -2.09. The minimum absolute atomic E-state index is 0.195. The molecule has 3 aromatic rings. The SMILES string of the molecule is O=c1c2c3c(sc2ncn1N=Cc1ccc([N+](=O)[O-])o1)CCCC3. The van der Waals surface area contributed by atoms with E-state index in [9.17, 15) is 14.9 Å². The minimum atomic E-state index is -0.630. The molecule has 0 amide bonds. The predicted molar refractivity (Wildman–Crippen MR) is 88.9 cm³/mol. The molecule has 0 fully saturated rings. The molecule has 8 nitrogen and oxygen atoms in total. The van der Waals surface area contributed by atoms with Crippen molar-refractivity contribution in [3.63, 3.8) is 0 Å². The predicted octanol–water partition coefficient (Wildman–Crippen LogP) is 2.72. The lowest BCUT2D eigenvalue weighted by atomic mass is 9.97. The van der Waals surface area contributed by atoms with E-state index >= 15 is 0 Å². The molecule has 0 N–H and O–H groups in total. The normalized spacial score (nSPS) is 14.3. The topological polar surface area (TPSA) is 104 Å². The monoisotopic (exact) mass is 344 g/mol. The summed E-state index contributed by atoms with van der Waals surface area (Å²) in [6.45, 7) is 0. The molecule has 1 aliphatic rings. The third-order valence-electron chi connectivity index (χ3n) is 3.96. The molecule has 3 heterocycles. The molecule has 24 heavy (non-hydrogen) atoms. The van der Waals surface area contributed by atoms with Gasteiger partial charge >= 0.3 is 5.88 Å². The van der Waals surface area contributed by atoms with Gasteiger partial charge in [-0.05, 0) is 37.3 Å². The van der Waals surface area contributed by atoms with Crippen LogP contribution in [-0.2, 0) is 12.8 Å². The van der Waals surface area contributed by atoms with Crippen LogP contribution in [-0.4, -0.2) is 20.8 Å². The Morgan fingerprint density at radius 2 is 2.21 bits per heavy atom. The Kier molecular flexibility index (Phi) is 3.49. The first-order valence-electron chi connectivity index (χ1n) is 7.44. The van der Waals surface area contributed by atoms with Gasteiger partial charge < -0.3 is 4.42 Å². The Hall–Kier alpha value is -2.81. The van der Waals surface area contributed by atoms with Gasteiger partial charge in [0.2, 0.25) is 0 Å². The van der Waals surface area contributed by atoms with Crippen molar-refractivity contribution in [2.45, 2.75) is 25.7 Å². The summed E-state index contributed by atoms with van der Waals surface area (Å²) in [5.41, 5.74) is 0.869. The van der Waals surface area contributed by atoms with Gasteiger partial charge in [-0.1, -0.05) is 0 Å². The quantitative estimate of drug-likeness (QED) is 0.413. The van der Waals surface area contributed by atoms with Crippen molar-refractivity contribution >= 4 is 33.7 Å². The average Bonchev–Trinajstić information content (AvgIpc) is 3.19. The molecule has 0 aromatic carbocycles. The fourth-order valence-electron chi connectivity index (χ4n) is 2.85. The van der Waals surface area contributed by atoms with Crippen LogP contribution >= 0.6 is 11.3 Å². The number of hydrogen-bond acceptors (Lipinski definition) is 7. The fourth-order valence-corrected chi connectivity index (χ4v) is 4.07. The second-order valence-electron chi connectivity index (χ2n) is 5.46. The summed E-state index contributed by atoms with van der Waals surface area (Å²) < 4.78 is 6.12. The summed E-state index contributed by atoms with van der Waals surface area (Å²) in [5, 5.41) is 15.3. The summed E-state index contributed by atoms with van der Waals surface area (Å²) in [7, 11) is 0. The Morgan fingerprint density at radius 1 is 1.38 bits per heavy atom. The number of nitrogens with zero attached hydrogens (tertiary/aromatic N) is 4. The molecular formula is C15H12N4O4S. The molecule has 0 saturated carbocycles.